The minimum Gasteiger partial charge on any atom is -0.507 e. The Balaban J connectivity index is 1.75. The summed E-state index contributed by atoms with van der Waals surface area (Å²) >= 11 is 11.1. The van der Waals surface area contributed by atoms with Crippen molar-refractivity contribution in [3.05, 3.63) is 41.4 Å². The monoisotopic (exact) mass is 403 g/mol. The maximum Gasteiger partial charge on any atom is 0.231 e. The van der Waals surface area contributed by atoms with E-state index in [2.05, 4.69) is 15.6 Å². The maximum atomic E-state index is 11.8. The van der Waals surface area contributed by atoms with Gasteiger partial charge in [-0.05, 0) is 48.5 Å². The van der Waals surface area contributed by atoms with Crippen molar-refractivity contribution in [3.8, 4) is 17.2 Å². The maximum absolute atomic E-state index is 11.8. The third-order valence-corrected chi connectivity index (χ3v) is 4.12. The van der Waals surface area contributed by atoms with E-state index in [0.717, 1.165) is 0 Å². The number of nitrogens with zero attached hydrogens (tertiary/aromatic N) is 1. The first-order valence-corrected chi connectivity index (χ1v) is 9.11. The fourth-order valence-electron chi connectivity index (χ4n) is 2.52. The first kappa shape index (κ1) is 19.1. The molecule has 0 unspecified atom stereocenters. The van der Waals surface area contributed by atoms with Gasteiger partial charge in [-0.1, -0.05) is 25.4 Å². The van der Waals surface area contributed by atoms with Gasteiger partial charge in [0.2, 0.25) is 11.8 Å². The van der Waals surface area contributed by atoms with Crippen molar-refractivity contribution in [2.24, 2.45) is 5.92 Å². The van der Waals surface area contributed by atoms with Crippen molar-refractivity contribution in [1.29, 1.82) is 0 Å². The summed E-state index contributed by atoms with van der Waals surface area (Å²) in [6.45, 7) is 3.90. The summed E-state index contributed by atoms with van der Waals surface area (Å²) in [6, 6.07) is 9.97. The highest BCUT2D eigenvalue weighted by Gasteiger charge is 2.14. The van der Waals surface area contributed by atoms with Crippen LogP contribution in [0.25, 0.3) is 22.6 Å². The molecule has 0 spiro atoms. The number of carbonyl (C=O) groups is 1. The molecule has 6 nitrogen and oxygen atoms in total. The van der Waals surface area contributed by atoms with Crippen LogP contribution in [-0.4, -0.2) is 21.1 Å². The van der Waals surface area contributed by atoms with Crippen LogP contribution in [0.1, 0.15) is 20.3 Å². The van der Waals surface area contributed by atoms with Crippen molar-refractivity contribution in [3.63, 3.8) is 0 Å². The molecule has 0 bridgehead atoms. The number of carbonyl (C=O) groups excluding carboxylic acids is 1. The molecular weight excluding hydrogens is 386 g/mol. The number of halogens is 1. The number of aromatic hydroxyl groups is 1. The summed E-state index contributed by atoms with van der Waals surface area (Å²) in [5.74, 6) is 0.328. The van der Waals surface area contributed by atoms with Crippen molar-refractivity contribution in [2.45, 2.75) is 20.3 Å². The molecule has 1 amide bonds. The van der Waals surface area contributed by atoms with Crippen molar-refractivity contribution >= 4 is 51.6 Å². The predicted molar refractivity (Wildman–Crippen MR) is 110 cm³/mol. The molecule has 1 heterocycles. The molecule has 3 rings (SSSR count). The number of benzene rings is 2. The fraction of sp³-hybridized carbons (Fsp3) is 0.211. The van der Waals surface area contributed by atoms with Crippen molar-refractivity contribution in [1.82, 2.24) is 10.3 Å². The van der Waals surface area contributed by atoms with Crippen LogP contribution in [0.5, 0.6) is 5.75 Å². The zero-order valence-electron chi connectivity index (χ0n) is 14.7. The molecular formula is C19H18ClN3O3S. The summed E-state index contributed by atoms with van der Waals surface area (Å²) in [5.41, 5.74) is 2.14. The largest absolute Gasteiger partial charge is 0.507 e. The minimum absolute atomic E-state index is 0.0334. The van der Waals surface area contributed by atoms with E-state index in [1.165, 1.54) is 6.07 Å². The SMILES string of the molecule is CC(C)CC(=O)NC(=S)Nc1ccc(-c2nc3cc(Cl)ccc3o2)c(O)c1. The van der Waals surface area contributed by atoms with E-state index >= 15 is 0 Å². The van der Waals surface area contributed by atoms with E-state index < -0.39 is 0 Å². The standard InChI is InChI=1S/C19H18ClN3O3S/c1-10(2)7-17(25)23-19(27)21-12-4-5-13(15(24)9-12)18-22-14-8-11(20)3-6-16(14)26-18/h3-6,8-10,24H,7H2,1-2H3,(H2,21,23,25,27). The summed E-state index contributed by atoms with van der Waals surface area (Å²) in [4.78, 5) is 16.1. The number of aromatic nitrogens is 1. The lowest BCUT2D eigenvalue weighted by Gasteiger charge is -2.11. The van der Waals surface area contributed by atoms with Gasteiger partial charge in [0.25, 0.3) is 0 Å². The third-order valence-electron chi connectivity index (χ3n) is 3.68. The molecule has 2 aromatic carbocycles. The molecule has 0 aliphatic heterocycles. The van der Waals surface area contributed by atoms with Gasteiger partial charge in [0.15, 0.2) is 10.7 Å². The number of phenols is 1. The van der Waals surface area contributed by atoms with Gasteiger partial charge in [-0.15, -0.1) is 0 Å². The van der Waals surface area contributed by atoms with E-state index in [-0.39, 0.29) is 28.6 Å². The number of rotatable bonds is 4. The Morgan fingerprint density at radius 2 is 2.07 bits per heavy atom. The molecule has 140 valence electrons. The fourth-order valence-corrected chi connectivity index (χ4v) is 2.91. The molecule has 8 heteroatoms. The van der Waals surface area contributed by atoms with Crippen LogP contribution < -0.4 is 10.6 Å². The summed E-state index contributed by atoms with van der Waals surface area (Å²) in [7, 11) is 0. The van der Waals surface area contributed by atoms with Crippen molar-refractivity contribution < 1.29 is 14.3 Å². The highest BCUT2D eigenvalue weighted by atomic mass is 35.5. The normalized spacial score (nSPS) is 11.0. The molecule has 0 aliphatic rings. The van der Waals surface area contributed by atoms with Crippen LogP contribution in [0.15, 0.2) is 40.8 Å². The Kier molecular flexibility index (Phi) is 5.62. The molecule has 3 aromatic rings. The number of hydrogen-bond donors (Lipinski definition) is 3. The number of amides is 1. The number of thiocarbonyl (C=S) groups is 1. The van der Waals surface area contributed by atoms with Crippen LogP contribution in [0.2, 0.25) is 5.02 Å². The lowest BCUT2D eigenvalue weighted by atomic mass is 10.1. The molecule has 27 heavy (non-hydrogen) atoms. The Bertz CT molecular complexity index is 1020. The summed E-state index contributed by atoms with van der Waals surface area (Å²) < 4.78 is 5.67. The molecule has 0 atom stereocenters. The first-order chi connectivity index (χ1) is 12.8. The summed E-state index contributed by atoms with van der Waals surface area (Å²) in [5, 5.41) is 16.5. The number of oxazole rings is 1. The quantitative estimate of drug-likeness (QED) is 0.546. The van der Waals surface area contributed by atoms with Crippen LogP contribution >= 0.6 is 23.8 Å². The highest BCUT2D eigenvalue weighted by Crippen LogP contribution is 2.33. The zero-order chi connectivity index (χ0) is 19.6. The van der Waals surface area contributed by atoms with Gasteiger partial charge in [0.05, 0.1) is 5.56 Å². The second-order valence-corrected chi connectivity index (χ2v) is 7.31. The topological polar surface area (TPSA) is 87.4 Å². The Hall–Kier alpha value is -2.64. The molecule has 0 saturated heterocycles. The minimum atomic E-state index is -0.159. The van der Waals surface area contributed by atoms with E-state index in [1.807, 2.05) is 13.8 Å². The zero-order valence-corrected chi connectivity index (χ0v) is 16.3. The predicted octanol–water partition coefficient (Wildman–Crippen LogP) is 4.71. The van der Waals surface area contributed by atoms with E-state index in [9.17, 15) is 9.90 Å². The number of nitrogens with one attached hydrogen (secondary N) is 2. The molecule has 0 radical (unpaired) electrons. The van der Waals surface area contributed by atoms with Gasteiger partial charge in [0, 0.05) is 23.2 Å². The van der Waals surface area contributed by atoms with Gasteiger partial charge in [-0.3, -0.25) is 4.79 Å². The lowest BCUT2D eigenvalue weighted by Crippen LogP contribution is -2.34. The highest BCUT2D eigenvalue weighted by molar-refractivity contribution is 7.80. The van der Waals surface area contributed by atoms with Gasteiger partial charge in [0.1, 0.15) is 11.3 Å². The molecule has 0 saturated carbocycles. The third kappa shape index (κ3) is 4.75. The molecule has 0 aliphatic carbocycles. The van der Waals surface area contributed by atoms with Crippen LogP contribution in [0.4, 0.5) is 5.69 Å². The van der Waals surface area contributed by atoms with E-state index in [0.29, 0.717) is 33.8 Å². The van der Waals surface area contributed by atoms with E-state index in [1.54, 1.807) is 30.3 Å². The Labute approximate surface area is 166 Å². The Morgan fingerprint density at radius 1 is 1.30 bits per heavy atom. The number of phenolic OH excluding ortho intramolecular Hbond substituents is 1. The first-order valence-electron chi connectivity index (χ1n) is 8.32. The van der Waals surface area contributed by atoms with Crippen molar-refractivity contribution in [2.75, 3.05) is 5.32 Å². The van der Waals surface area contributed by atoms with Crippen LogP contribution in [0, 0.1) is 5.92 Å². The molecule has 3 N–H and O–H groups in total. The van der Waals surface area contributed by atoms with Gasteiger partial charge in [-0.25, -0.2) is 4.98 Å². The Morgan fingerprint density at radius 3 is 2.78 bits per heavy atom. The molecule has 0 fully saturated rings. The lowest BCUT2D eigenvalue weighted by molar-refractivity contribution is -0.120. The second kappa shape index (κ2) is 7.94. The molecule has 1 aromatic heterocycles. The average Bonchev–Trinajstić information content (AvgIpc) is 2.96. The van der Waals surface area contributed by atoms with Gasteiger partial charge < -0.3 is 20.2 Å². The average molecular weight is 404 g/mol. The smallest absolute Gasteiger partial charge is 0.231 e. The van der Waals surface area contributed by atoms with Crippen LogP contribution in [0.3, 0.4) is 0 Å². The number of fused-ring (bicyclic) bond motifs is 1. The van der Waals surface area contributed by atoms with Crippen LogP contribution in [-0.2, 0) is 4.79 Å². The second-order valence-electron chi connectivity index (χ2n) is 6.46. The van der Waals surface area contributed by atoms with E-state index in [4.69, 9.17) is 28.2 Å². The number of anilines is 1. The summed E-state index contributed by atoms with van der Waals surface area (Å²) in [6.07, 6.45) is 0.383. The number of hydrogen-bond acceptors (Lipinski definition) is 5. The van der Waals surface area contributed by atoms with Gasteiger partial charge >= 0.3 is 0 Å². The van der Waals surface area contributed by atoms with Gasteiger partial charge in [-0.2, -0.15) is 0 Å².